The van der Waals surface area contributed by atoms with Gasteiger partial charge in [-0.1, -0.05) is 6.92 Å². The van der Waals surface area contributed by atoms with Gasteiger partial charge in [0.2, 0.25) is 0 Å². The van der Waals surface area contributed by atoms with Crippen molar-refractivity contribution in [3.63, 3.8) is 0 Å². The van der Waals surface area contributed by atoms with E-state index < -0.39 is 5.91 Å². The number of aromatic nitrogens is 1. The Kier molecular flexibility index (Phi) is 6.85. The van der Waals surface area contributed by atoms with Crippen molar-refractivity contribution in [2.24, 2.45) is 0 Å². The number of hydrogen-bond acceptors (Lipinski definition) is 5. The first-order valence-corrected chi connectivity index (χ1v) is 8.05. The summed E-state index contributed by atoms with van der Waals surface area (Å²) in [7, 11) is 0. The summed E-state index contributed by atoms with van der Waals surface area (Å²) in [6, 6.07) is 9.95. The number of rotatable bonds is 5. The second kappa shape index (κ2) is 9.33. The summed E-state index contributed by atoms with van der Waals surface area (Å²) < 4.78 is 5.45. The van der Waals surface area contributed by atoms with Gasteiger partial charge in [-0.15, -0.1) is 0 Å². The van der Waals surface area contributed by atoms with Gasteiger partial charge in [0.25, 0.3) is 11.8 Å². The third-order valence-electron chi connectivity index (χ3n) is 3.03. The number of hydrogen-bond donors (Lipinski definition) is 3. The molecule has 0 aliphatic heterocycles. The van der Waals surface area contributed by atoms with Crippen LogP contribution in [0.2, 0.25) is 0 Å². The van der Waals surface area contributed by atoms with Crippen molar-refractivity contribution in [3.8, 4) is 5.75 Å². The molecule has 0 aliphatic rings. The van der Waals surface area contributed by atoms with Crippen LogP contribution in [0.1, 0.15) is 34.1 Å². The zero-order chi connectivity index (χ0) is 18.1. The molecule has 0 aliphatic carbocycles. The monoisotopic (exact) mass is 358 g/mol. The molecule has 0 fully saturated rings. The molecule has 1 aromatic heterocycles. The lowest BCUT2D eigenvalue weighted by Gasteiger charge is -2.11. The second-order valence-electron chi connectivity index (χ2n) is 4.98. The van der Waals surface area contributed by atoms with Gasteiger partial charge in [-0.25, -0.2) is 0 Å². The fraction of sp³-hybridized carbons (Fsp3) is 0.176. The number of ether oxygens (including phenoxy) is 1. The number of amides is 2. The van der Waals surface area contributed by atoms with E-state index in [4.69, 9.17) is 17.0 Å². The highest BCUT2D eigenvalue weighted by molar-refractivity contribution is 7.80. The predicted octanol–water partition coefficient (Wildman–Crippen LogP) is 1.82. The maximum atomic E-state index is 12.0. The highest BCUT2D eigenvalue weighted by Gasteiger charge is 2.09. The quantitative estimate of drug-likeness (QED) is 0.558. The van der Waals surface area contributed by atoms with Gasteiger partial charge in [0.1, 0.15) is 5.75 Å². The summed E-state index contributed by atoms with van der Waals surface area (Å²) in [5.74, 6) is -0.108. The molecule has 2 aromatic rings. The Hall–Kier alpha value is -3.00. The number of carbonyl (C=O) groups is 2. The van der Waals surface area contributed by atoms with Crippen LogP contribution in [-0.2, 0) is 0 Å². The summed E-state index contributed by atoms with van der Waals surface area (Å²) in [5, 5.41) is 2.42. The van der Waals surface area contributed by atoms with Crippen LogP contribution in [0.3, 0.4) is 0 Å². The Morgan fingerprint density at radius 3 is 2.48 bits per heavy atom. The molecular weight excluding hydrogens is 340 g/mol. The van der Waals surface area contributed by atoms with Crippen molar-refractivity contribution in [1.29, 1.82) is 0 Å². The van der Waals surface area contributed by atoms with Crippen molar-refractivity contribution in [3.05, 3.63) is 59.9 Å². The van der Waals surface area contributed by atoms with Crippen molar-refractivity contribution < 1.29 is 14.3 Å². The van der Waals surface area contributed by atoms with E-state index in [0.29, 0.717) is 23.5 Å². The summed E-state index contributed by atoms with van der Waals surface area (Å²) >= 11 is 4.97. The molecule has 0 unspecified atom stereocenters. The minimum absolute atomic E-state index is 0.0231. The number of benzene rings is 1. The summed E-state index contributed by atoms with van der Waals surface area (Å²) in [6.07, 6.45) is 3.89. The summed E-state index contributed by atoms with van der Waals surface area (Å²) in [6.45, 7) is 2.64. The molecule has 3 N–H and O–H groups in total. The first kappa shape index (κ1) is 18.3. The average molecular weight is 358 g/mol. The number of pyridine rings is 1. The molecule has 7 nitrogen and oxygen atoms in total. The van der Waals surface area contributed by atoms with Gasteiger partial charge in [0.05, 0.1) is 12.2 Å². The molecule has 0 saturated carbocycles. The molecule has 130 valence electrons. The topological polar surface area (TPSA) is 92.4 Å². The molecule has 2 amide bonds. The Morgan fingerprint density at radius 1 is 1.08 bits per heavy atom. The number of nitrogens with zero attached hydrogens (tertiary/aromatic N) is 1. The van der Waals surface area contributed by atoms with Gasteiger partial charge >= 0.3 is 0 Å². The van der Waals surface area contributed by atoms with Crippen molar-refractivity contribution in [2.45, 2.75) is 13.3 Å². The molecule has 1 heterocycles. The summed E-state index contributed by atoms with van der Waals surface area (Å²) in [5.41, 5.74) is 5.69. The molecule has 0 radical (unpaired) electrons. The molecule has 1 aromatic carbocycles. The Labute approximate surface area is 150 Å². The average Bonchev–Trinajstić information content (AvgIpc) is 2.65. The third-order valence-corrected chi connectivity index (χ3v) is 3.23. The van der Waals surface area contributed by atoms with E-state index in [1.807, 2.05) is 6.92 Å². The van der Waals surface area contributed by atoms with Gasteiger partial charge < -0.3 is 4.74 Å². The van der Waals surface area contributed by atoms with Crippen molar-refractivity contribution in [2.75, 3.05) is 6.61 Å². The lowest BCUT2D eigenvalue weighted by molar-refractivity contribution is 0.0934. The Balaban J connectivity index is 1.81. The fourth-order valence-corrected chi connectivity index (χ4v) is 1.96. The van der Waals surface area contributed by atoms with E-state index in [0.717, 1.165) is 6.42 Å². The van der Waals surface area contributed by atoms with Gasteiger partial charge in [-0.3, -0.25) is 30.7 Å². The van der Waals surface area contributed by atoms with Crippen LogP contribution in [0.15, 0.2) is 48.8 Å². The standard InChI is InChI=1S/C17H18N4O3S/c1-2-10-24-14-7-5-12(6-8-14)16(23)20-21-17(25)19-15(22)13-4-3-9-18-11-13/h3-9,11H,2,10H2,1H3,(H,20,23)(H2,19,21,22,25). The molecule has 0 saturated heterocycles. The van der Waals surface area contributed by atoms with Gasteiger partial charge in [0, 0.05) is 18.0 Å². The third kappa shape index (κ3) is 5.85. The minimum Gasteiger partial charge on any atom is -0.494 e. The SMILES string of the molecule is CCCOc1ccc(C(=O)NNC(=S)NC(=O)c2cccnc2)cc1. The molecular formula is C17H18N4O3S. The zero-order valence-corrected chi connectivity index (χ0v) is 14.4. The van der Waals surface area contributed by atoms with Gasteiger partial charge in [-0.05, 0) is 55.0 Å². The van der Waals surface area contributed by atoms with E-state index >= 15 is 0 Å². The maximum Gasteiger partial charge on any atom is 0.269 e. The number of thiocarbonyl (C=S) groups is 1. The summed E-state index contributed by atoms with van der Waals surface area (Å²) in [4.78, 5) is 27.8. The largest absolute Gasteiger partial charge is 0.494 e. The van der Waals surface area contributed by atoms with Crippen LogP contribution in [0, 0.1) is 0 Å². The number of nitrogens with one attached hydrogen (secondary N) is 3. The van der Waals surface area contributed by atoms with Gasteiger partial charge in [0.15, 0.2) is 5.11 Å². The van der Waals surface area contributed by atoms with Crippen LogP contribution in [0.25, 0.3) is 0 Å². The van der Waals surface area contributed by atoms with Crippen LogP contribution in [0.4, 0.5) is 0 Å². The highest BCUT2D eigenvalue weighted by Crippen LogP contribution is 2.12. The van der Waals surface area contributed by atoms with Crippen LogP contribution >= 0.6 is 12.2 Å². The van der Waals surface area contributed by atoms with E-state index in [-0.39, 0.29) is 11.0 Å². The highest BCUT2D eigenvalue weighted by atomic mass is 32.1. The van der Waals surface area contributed by atoms with E-state index in [9.17, 15) is 9.59 Å². The second-order valence-corrected chi connectivity index (χ2v) is 5.39. The van der Waals surface area contributed by atoms with Crippen LogP contribution < -0.4 is 20.9 Å². The molecule has 8 heteroatoms. The fourth-order valence-electron chi connectivity index (χ4n) is 1.81. The lowest BCUT2D eigenvalue weighted by Crippen LogP contribution is -2.48. The van der Waals surface area contributed by atoms with E-state index in [1.54, 1.807) is 42.6 Å². The van der Waals surface area contributed by atoms with Gasteiger partial charge in [-0.2, -0.15) is 0 Å². The number of carbonyl (C=O) groups excluding carboxylic acids is 2. The lowest BCUT2D eigenvalue weighted by atomic mass is 10.2. The molecule has 25 heavy (non-hydrogen) atoms. The first-order chi connectivity index (χ1) is 12.1. The van der Waals surface area contributed by atoms with Crippen LogP contribution in [0.5, 0.6) is 5.75 Å². The maximum absolute atomic E-state index is 12.0. The predicted molar refractivity (Wildman–Crippen MR) is 97.1 cm³/mol. The first-order valence-electron chi connectivity index (χ1n) is 7.64. The number of hydrazine groups is 1. The minimum atomic E-state index is -0.419. The van der Waals surface area contributed by atoms with Crippen molar-refractivity contribution >= 4 is 29.1 Å². The van der Waals surface area contributed by atoms with Crippen LogP contribution in [-0.4, -0.2) is 28.5 Å². The zero-order valence-electron chi connectivity index (χ0n) is 13.6. The van der Waals surface area contributed by atoms with Crippen molar-refractivity contribution in [1.82, 2.24) is 21.2 Å². The smallest absolute Gasteiger partial charge is 0.269 e. The van der Waals surface area contributed by atoms with E-state index in [2.05, 4.69) is 21.2 Å². The van der Waals surface area contributed by atoms with E-state index in [1.165, 1.54) is 6.20 Å². The molecule has 0 atom stereocenters. The molecule has 0 spiro atoms. The Morgan fingerprint density at radius 2 is 1.84 bits per heavy atom. The Bertz CT molecular complexity index is 735. The molecule has 2 rings (SSSR count). The molecule has 0 bridgehead atoms. The normalized spacial score (nSPS) is 9.80.